The first kappa shape index (κ1) is 14.3. The molecule has 112 valence electrons. The van der Waals surface area contributed by atoms with Crippen molar-refractivity contribution in [1.29, 1.82) is 0 Å². The van der Waals surface area contributed by atoms with E-state index >= 15 is 0 Å². The largest absolute Gasteiger partial charge is 0.345 e. The summed E-state index contributed by atoms with van der Waals surface area (Å²) >= 11 is 0. The number of hydrogen-bond donors (Lipinski definition) is 1. The van der Waals surface area contributed by atoms with Gasteiger partial charge in [-0.25, -0.2) is 4.98 Å². The van der Waals surface area contributed by atoms with E-state index in [1.54, 1.807) is 12.5 Å². The first-order valence-corrected chi connectivity index (χ1v) is 7.31. The van der Waals surface area contributed by atoms with E-state index in [0.717, 1.165) is 12.8 Å². The molecule has 2 heterocycles. The van der Waals surface area contributed by atoms with Crippen molar-refractivity contribution in [3.05, 3.63) is 54.6 Å². The third-order valence-corrected chi connectivity index (χ3v) is 3.80. The SMILES string of the molecule is NCC1COC(CCc2ccccc2)(Cn2ccnc2)O1. The Bertz CT molecular complexity index is 544. The fraction of sp³-hybridized carbons (Fsp3) is 0.438. The molecule has 21 heavy (non-hydrogen) atoms. The van der Waals surface area contributed by atoms with Crippen molar-refractivity contribution in [3.63, 3.8) is 0 Å². The molecule has 1 fully saturated rings. The minimum absolute atomic E-state index is 0.0238. The van der Waals surface area contributed by atoms with E-state index in [1.807, 2.05) is 16.8 Å². The molecular weight excluding hydrogens is 266 g/mol. The standard InChI is InChI=1S/C16H21N3O2/c17-10-15-11-20-16(21-15,12-19-9-8-18-13-19)7-6-14-4-2-1-3-5-14/h1-5,8-9,13,15H,6-7,10-12,17H2. The second kappa shape index (κ2) is 6.39. The third-order valence-electron chi connectivity index (χ3n) is 3.80. The van der Waals surface area contributed by atoms with Crippen molar-refractivity contribution in [2.24, 2.45) is 5.73 Å². The second-order valence-electron chi connectivity index (χ2n) is 5.42. The summed E-state index contributed by atoms with van der Waals surface area (Å²) < 4.78 is 14.1. The molecule has 0 radical (unpaired) electrons. The van der Waals surface area contributed by atoms with Gasteiger partial charge in [0.05, 0.1) is 25.6 Å². The maximum atomic E-state index is 6.10. The molecule has 0 amide bonds. The monoisotopic (exact) mass is 287 g/mol. The van der Waals surface area contributed by atoms with Gasteiger partial charge in [0.25, 0.3) is 0 Å². The summed E-state index contributed by atoms with van der Waals surface area (Å²) in [6.45, 7) is 1.67. The van der Waals surface area contributed by atoms with Crippen LogP contribution in [0.1, 0.15) is 12.0 Å². The number of imidazole rings is 1. The molecule has 1 aromatic carbocycles. The molecule has 0 saturated carbocycles. The molecule has 2 unspecified atom stereocenters. The Balaban J connectivity index is 1.70. The Hall–Kier alpha value is -1.69. The van der Waals surface area contributed by atoms with E-state index in [2.05, 4.69) is 29.2 Å². The Morgan fingerprint density at radius 1 is 1.33 bits per heavy atom. The lowest BCUT2D eigenvalue weighted by molar-refractivity contribution is -0.181. The van der Waals surface area contributed by atoms with Crippen molar-refractivity contribution < 1.29 is 9.47 Å². The van der Waals surface area contributed by atoms with Crippen LogP contribution in [0.2, 0.25) is 0 Å². The van der Waals surface area contributed by atoms with Gasteiger partial charge in [0.2, 0.25) is 0 Å². The third kappa shape index (κ3) is 3.50. The molecule has 0 bridgehead atoms. The molecule has 2 aromatic rings. The fourth-order valence-electron chi connectivity index (χ4n) is 2.66. The predicted octanol–water partition coefficient (Wildman–Crippen LogP) is 1.59. The van der Waals surface area contributed by atoms with Gasteiger partial charge in [-0.1, -0.05) is 30.3 Å². The van der Waals surface area contributed by atoms with Gasteiger partial charge in [-0.3, -0.25) is 0 Å². The molecule has 2 N–H and O–H groups in total. The van der Waals surface area contributed by atoms with Crippen LogP contribution in [0.3, 0.4) is 0 Å². The Labute approximate surface area is 124 Å². The smallest absolute Gasteiger partial charge is 0.187 e. The molecule has 0 aliphatic carbocycles. The van der Waals surface area contributed by atoms with Crippen molar-refractivity contribution >= 4 is 0 Å². The van der Waals surface area contributed by atoms with Crippen LogP contribution in [0, 0.1) is 0 Å². The summed E-state index contributed by atoms with van der Waals surface area (Å²) in [5, 5.41) is 0. The normalized spacial score (nSPS) is 25.3. The van der Waals surface area contributed by atoms with E-state index in [4.69, 9.17) is 15.2 Å². The van der Waals surface area contributed by atoms with E-state index in [0.29, 0.717) is 19.7 Å². The lowest BCUT2D eigenvalue weighted by Gasteiger charge is -2.28. The zero-order valence-electron chi connectivity index (χ0n) is 12.0. The van der Waals surface area contributed by atoms with E-state index < -0.39 is 5.79 Å². The highest BCUT2D eigenvalue weighted by molar-refractivity contribution is 5.15. The van der Waals surface area contributed by atoms with E-state index in [9.17, 15) is 0 Å². The van der Waals surface area contributed by atoms with Gasteiger partial charge in [-0.05, 0) is 12.0 Å². The van der Waals surface area contributed by atoms with Crippen LogP contribution in [0.5, 0.6) is 0 Å². The van der Waals surface area contributed by atoms with Crippen molar-refractivity contribution in [2.45, 2.75) is 31.3 Å². The van der Waals surface area contributed by atoms with Crippen LogP contribution in [-0.4, -0.2) is 34.6 Å². The summed E-state index contributed by atoms with van der Waals surface area (Å²) in [6.07, 6.45) is 7.16. The molecule has 3 rings (SSSR count). The molecule has 1 aliphatic rings. The molecule has 1 saturated heterocycles. The maximum Gasteiger partial charge on any atom is 0.187 e. The zero-order chi connectivity index (χ0) is 14.5. The average Bonchev–Trinajstić information content (AvgIpc) is 3.17. The maximum absolute atomic E-state index is 6.10. The Kier molecular flexibility index (Phi) is 4.34. The van der Waals surface area contributed by atoms with Gasteiger partial charge in [-0.15, -0.1) is 0 Å². The number of aromatic nitrogens is 2. The average molecular weight is 287 g/mol. The lowest BCUT2D eigenvalue weighted by atomic mass is 10.0. The van der Waals surface area contributed by atoms with Crippen LogP contribution < -0.4 is 5.73 Å². The van der Waals surface area contributed by atoms with E-state index in [-0.39, 0.29) is 6.10 Å². The van der Waals surface area contributed by atoms with Crippen LogP contribution in [0.25, 0.3) is 0 Å². The summed E-state index contributed by atoms with van der Waals surface area (Å²) in [6, 6.07) is 10.4. The number of hydrogen-bond acceptors (Lipinski definition) is 4. The fourth-order valence-corrected chi connectivity index (χ4v) is 2.66. The highest BCUT2D eigenvalue weighted by Crippen LogP contribution is 2.30. The molecule has 2 atom stereocenters. The van der Waals surface area contributed by atoms with Gasteiger partial charge in [0, 0.05) is 25.4 Å². The first-order valence-electron chi connectivity index (χ1n) is 7.31. The Morgan fingerprint density at radius 2 is 2.19 bits per heavy atom. The number of aryl methyl sites for hydroxylation is 1. The zero-order valence-corrected chi connectivity index (χ0v) is 12.0. The minimum atomic E-state index is -0.611. The minimum Gasteiger partial charge on any atom is -0.345 e. The molecular formula is C16H21N3O2. The molecule has 5 nitrogen and oxygen atoms in total. The van der Waals surface area contributed by atoms with Gasteiger partial charge in [0.1, 0.15) is 0 Å². The van der Waals surface area contributed by atoms with Gasteiger partial charge in [0.15, 0.2) is 5.79 Å². The summed E-state index contributed by atoms with van der Waals surface area (Å²) in [4.78, 5) is 4.08. The van der Waals surface area contributed by atoms with E-state index in [1.165, 1.54) is 5.56 Å². The topological polar surface area (TPSA) is 62.3 Å². The molecule has 0 spiro atoms. The number of benzene rings is 1. The number of rotatable bonds is 6. The van der Waals surface area contributed by atoms with Crippen molar-refractivity contribution in [2.75, 3.05) is 13.2 Å². The van der Waals surface area contributed by atoms with Gasteiger partial charge in [-0.2, -0.15) is 0 Å². The summed E-state index contributed by atoms with van der Waals surface area (Å²) in [5.41, 5.74) is 6.99. The van der Waals surface area contributed by atoms with Crippen LogP contribution in [0.4, 0.5) is 0 Å². The number of nitrogens with zero attached hydrogens (tertiary/aromatic N) is 2. The number of ether oxygens (including phenoxy) is 2. The molecule has 1 aliphatic heterocycles. The first-order chi connectivity index (χ1) is 10.3. The lowest BCUT2D eigenvalue weighted by Crippen LogP contribution is -2.37. The highest BCUT2D eigenvalue weighted by Gasteiger charge is 2.41. The van der Waals surface area contributed by atoms with Gasteiger partial charge < -0.3 is 19.8 Å². The summed E-state index contributed by atoms with van der Waals surface area (Å²) in [7, 11) is 0. The molecule has 1 aromatic heterocycles. The predicted molar refractivity (Wildman–Crippen MR) is 79.6 cm³/mol. The van der Waals surface area contributed by atoms with Crippen LogP contribution in [-0.2, 0) is 22.4 Å². The highest BCUT2D eigenvalue weighted by atomic mass is 16.7. The van der Waals surface area contributed by atoms with Crippen molar-refractivity contribution in [1.82, 2.24) is 9.55 Å². The van der Waals surface area contributed by atoms with Crippen molar-refractivity contribution in [3.8, 4) is 0 Å². The molecule has 5 heteroatoms. The quantitative estimate of drug-likeness (QED) is 0.876. The Morgan fingerprint density at radius 3 is 2.86 bits per heavy atom. The van der Waals surface area contributed by atoms with Gasteiger partial charge >= 0.3 is 0 Å². The second-order valence-corrected chi connectivity index (χ2v) is 5.42. The summed E-state index contributed by atoms with van der Waals surface area (Å²) in [5.74, 6) is -0.611. The van der Waals surface area contributed by atoms with Crippen LogP contribution >= 0.6 is 0 Å². The number of nitrogens with two attached hydrogens (primary N) is 1. The van der Waals surface area contributed by atoms with Crippen LogP contribution in [0.15, 0.2) is 49.1 Å².